The highest BCUT2D eigenvalue weighted by Crippen LogP contribution is 2.38. The fourth-order valence-corrected chi connectivity index (χ4v) is 3.20. The van der Waals surface area contributed by atoms with E-state index in [2.05, 4.69) is 30.1 Å². The van der Waals surface area contributed by atoms with Crippen LogP contribution in [0.4, 0.5) is 0 Å². The van der Waals surface area contributed by atoms with Gasteiger partial charge in [-0.05, 0) is 36.8 Å². The lowest BCUT2D eigenvalue weighted by molar-refractivity contribution is -0.141. The van der Waals surface area contributed by atoms with Crippen LogP contribution in [0.1, 0.15) is 30.4 Å². The summed E-state index contributed by atoms with van der Waals surface area (Å²) in [4.78, 5) is 23.1. The normalized spacial score (nSPS) is 20.0. The lowest BCUT2D eigenvalue weighted by Gasteiger charge is -2.23. The molecular weight excluding hydrogens is 274 g/mol. The third-order valence-corrected chi connectivity index (χ3v) is 4.32. The van der Waals surface area contributed by atoms with Crippen molar-refractivity contribution < 1.29 is 14.7 Å². The fourth-order valence-electron chi connectivity index (χ4n) is 2.78. The summed E-state index contributed by atoms with van der Waals surface area (Å²) in [5.41, 5.74) is 2.48. The maximum atomic E-state index is 12.3. The van der Waals surface area contributed by atoms with Crippen molar-refractivity contribution >= 4 is 24.5 Å². The average Bonchev–Trinajstić information content (AvgIpc) is 2.84. The number of aryl methyl sites for hydroxylation is 1. The molecule has 1 aliphatic carbocycles. The molecule has 2 rings (SSSR count). The minimum Gasteiger partial charge on any atom is -0.480 e. The second kappa shape index (κ2) is 6.31. The average molecular weight is 293 g/mol. The zero-order chi connectivity index (χ0) is 14.7. The summed E-state index contributed by atoms with van der Waals surface area (Å²) in [6.07, 6.45) is 1.88. The van der Waals surface area contributed by atoms with E-state index in [1.54, 1.807) is 0 Å². The van der Waals surface area contributed by atoms with Crippen molar-refractivity contribution in [3.63, 3.8) is 0 Å². The third-order valence-electron chi connectivity index (χ3n) is 3.93. The zero-order valence-corrected chi connectivity index (χ0v) is 12.3. The van der Waals surface area contributed by atoms with Crippen LogP contribution in [-0.4, -0.2) is 28.8 Å². The number of thiol groups is 1. The van der Waals surface area contributed by atoms with Crippen molar-refractivity contribution in [2.75, 3.05) is 5.75 Å². The van der Waals surface area contributed by atoms with Gasteiger partial charge in [-0.25, -0.2) is 0 Å². The quantitative estimate of drug-likeness (QED) is 0.726. The van der Waals surface area contributed by atoms with E-state index in [1.165, 1.54) is 18.1 Å². The first-order chi connectivity index (χ1) is 9.54. The Balaban J connectivity index is 2.13. The Morgan fingerprint density at radius 1 is 1.45 bits per heavy atom. The predicted octanol–water partition coefficient (Wildman–Crippen LogP) is 1.85. The highest BCUT2D eigenvalue weighted by atomic mass is 32.1. The molecule has 1 aromatic rings. The van der Waals surface area contributed by atoms with Crippen LogP contribution < -0.4 is 5.32 Å². The number of aliphatic carboxylic acids is 1. The molecule has 0 saturated heterocycles. The molecule has 4 nitrogen and oxygen atoms in total. The molecule has 0 saturated carbocycles. The molecule has 0 fully saturated rings. The summed E-state index contributed by atoms with van der Waals surface area (Å²) in [6, 6.07) is 7.25. The lowest BCUT2D eigenvalue weighted by atomic mass is 9.87. The smallest absolute Gasteiger partial charge is 0.325 e. The number of nitrogens with one attached hydrogen (secondary N) is 1. The Kier molecular flexibility index (Phi) is 4.70. The van der Waals surface area contributed by atoms with Crippen molar-refractivity contribution in [3.8, 4) is 0 Å². The number of hydrogen-bond acceptors (Lipinski definition) is 3. The van der Waals surface area contributed by atoms with E-state index in [1.807, 2.05) is 12.1 Å². The zero-order valence-electron chi connectivity index (χ0n) is 11.4. The van der Waals surface area contributed by atoms with Crippen LogP contribution in [0.5, 0.6) is 0 Å². The van der Waals surface area contributed by atoms with Crippen molar-refractivity contribution in [1.82, 2.24) is 5.32 Å². The molecule has 3 unspecified atom stereocenters. The first-order valence-corrected chi connectivity index (χ1v) is 7.39. The molecule has 20 heavy (non-hydrogen) atoms. The van der Waals surface area contributed by atoms with Gasteiger partial charge in [0.2, 0.25) is 5.91 Å². The van der Waals surface area contributed by atoms with Gasteiger partial charge in [-0.15, -0.1) is 0 Å². The Hall–Kier alpha value is -1.49. The van der Waals surface area contributed by atoms with E-state index in [0.29, 0.717) is 5.75 Å². The largest absolute Gasteiger partial charge is 0.480 e. The molecule has 2 N–H and O–H groups in total. The van der Waals surface area contributed by atoms with Gasteiger partial charge in [-0.1, -0.05) is 24.3 Å². The molecule has 0 aromatic heterocycles. The maximum absolute atomic E-state index is 12.3. The maximum Gasteiger partial charge on any atom is 0.325 e. The molecule has 5 heteroatoms. The molecule has 3 atom stereocenters. The molecule has 0 bridgehead atoms. The Morgan fingerprint density at radius 3 is 2.80 bits per heavy atom. The SMILES string of the molecule is CC(NC(=O)C(CS)C1CCc2ccccc21)C(=O)O. The molecule has 1 amide bonds. The summed E-state index contributed by atoms with van der Waals surface area (Å²) in [7, 11) is 0. The number of fused-ring (bicyclic) bond motifs is 1. The predicted molar refractivity (Wildman–Crippen MR) is 80.1 cm³/mol. The van der Waals surface area contributed by atoms with Crippen molar-refractivity contribution in [3.05, 3.63) is 35.4 Å². The molecule has 0 heterocycles. The number of carbonyl (C=O) groups is 2. The van der Waals surface area contributed by atoms with Crippen LogP contribution >= 0.6 is 12.6 Å². The summed E-state index contributed by atoms with van der Waals surface area (Å²) >= 11 is 4.29. The topological polar surface area (TPSA) is 66.4 Å². The van der Waals surface area contributed by atoms with E-state index in [0.717, 1.165) is 12.8 Å². The Labute approximate surface area is 124 Å². The summed E-state index contributed by atoms with van der Waals surface area (Å²) < 4.78 is 0. The van der Waals surface area contributed by atoms with Crippen LogP contribution in [0.15, 0.2) is 24.3 Å². The Morgan fingerprint density at radius 2 is 2.15 bits per heavy atom. The van der Waals surface area contributed by atoms with E-state index >= 15 is 0 Å². The van der Waals surface area contributed by atoms with Gasteiger partial charge >= 0.3 is 5.97 Å². The van der Waals surface area contributed by atoms with Gasteiger partial charge in [0.15, 0.2) is 0 Å². The van der Waals surface area contributed by atoms with E-state index < -0.39 is 12.0 Å². The molecule has 1 aromatic carbocycles. The molecule has 1 aliphatic rings. The van der Waals surface area contributed by atoms with Crippen LogP contribution in [0.2, 0.25) is 0 Å². The van der Waals surface area contributed by atoms with E-state index in [9.17, 15) is 9.59 Å². The molecule has 0 radical (unpaired) electrons. The second-order valence-electron chi connectivity index (χ2n) is 5.20. The minimum absolute atomic E-state index is 0.129. The standard InChI is InChI=1S/C15H19NO3S/c1-9(15(18)19)16-14(17)13(8-20)12-7-6-10-4-2-3-5-11(10)12/h2-5,9,12-13,20H,6-8H2,1H3,(H,16,17)(H,18,19). The summed E-state index contributed by atoms with van der Waals surface area (Å²) in [5, 5.41) is 11.4. The van der Waals surface area contributed by atoms with Crippen LogP contribution in [0, 0.1) is 5.92 Å². The molecular formula is C15H19NO3S. The fraction of sp³-hybridized carbons (Fsp3) is 0.467. The lowest BCUT2D eigenvalue weighted by Crippen LogP contribution is -2.43. The number of carboxylic acid groups (broad SMARTS) is 1. The number of carboxylic acids is 1. The highest BCUT2D eigenvalue weighted by Gasteiger charge is 2.34. The number of carbonyl (C=O) groups excluding carboxylic acids is 1. The third kappa shape index (κ3) is 2.98. The number of amides is 1. The monoisotopic (exact) mass is 293 g/mol. The summed E-state index contributed by atoms with van der Waals surface area (Å²) in [5.74, 6) is -0.995. The van der Waals surface area contributed by atoms with Crippen molar-refractivity contribution in [2.24, 2.45) is 5.92 Å². The molecule has 0 spiro atoms. The number of hydrogen-bond donors (Lipinski definition) is 3. The number of rotatable bonds is 5. The first kappa shape index (κ1) is 14.9. The van der Waals surface area contributed by atoms with Gasteiger partial charge in [0, 0.05) is 5.75 Å². The van der Waals surface area contributed by atoms with Gasteiger partial charge < -0.3 is 10.4 Å². The van der Waals surface area contributed by atoms with Crippen molar-refractivity contribution in [1.29, 1.82) is 0 Å². The van der Waals surface area contributed by atoms with Crippen molar-refractivity contribution in [2.45, 2.75) is 31.7 Å². The number of benzene rings is 1. The van der Waals surface area contributed by atoms with Gasteiger partial charge in [-0.2, -0.15) is 12.6 Å². The van der Waals surface area contributed by atoms with Crippen LogP contribution in [0.25, 0.3) is 0 Å². The van der Waals surface area contributed by atoms with Gasteiger partial charge in [0.25, 0.3) is 0 Å². The van der Waals surface area contributed by atoms with Gasteiger partial charge in [0.1, 0.15) is 6.04 Å². The molecule has 0 aliphatic heterocycles. The van der Waals surface area contributed by atoms with E-state index in [-0.39, 0.29) is 17.7 Å². The van der Waals surface area contributed by atoms with Gasteiger partial charge in [-0.3, -0.25) is 9.59 Å². The molecule has 108 valence electrons. The van der Waals surface area contributed by atoms with E-state index in [4.69, 9.17) is 5.11 Å². The summed E-state index contributed by atoms with van der Waals surface area (Å²) in [6.45, 7) is 1.47. The highest BCUT2D eigenvalue weighted by molar-refractivity contribution is 7.80. The Bertz CT molecular complexity index is 518. The minimum atomic E-state index is -1.02. The van der Waals surface area contributed by atoms with Crippen LogP contribution in [-0.2, 0) is 16.0 Å². The van der Waals surface area contributed by atoms with Crippen LogP contribution in [0.3, 0.4) is 0 Å². The second-order valence-corrected chi connectivity index (χ2v) is 5.57. The first-order valence-electron chi connectivity index (χ1n) is 6.76. The van der Waals surface area contributed by atoms with Gasteiger partial charge in [0.05, 0.1) is 5.92 Å².